The number of halogens is 3. The van der Waals surface area contributed by atoms with Crippen LogP contribution in [0.2, 0.25) is 0 Å². The molecule has 6 nitrogen and oxygen atoms in total. The number of carbonyl (C=O) groups is 1. The minimum absolute atomic E-state index is 0.156. The molecule has 2 aromatic carbocycles. The van der Waals surface area contributed by atoms with Crippen LogP contribution in [0.15, 0.2) is 48.5 Å². The van der Waals surface area contributed by atoms with Gasteiger partial charge in [0.05, 0.1) is 17.1 Å². The fraction of sp³-hybridized carbons (Fsp3) is 0.391. The molecule has 1 aliphatic carbocycles. The number of guanidine groups is 1. The second-order valence-electron chi connectivity index (χ2n) is 8.59. The van der Waals surface area contributed by atoms with Gasteiger partial charge in [0.25, 0.3) is 0 Å². The second kappa shape index (κ2) is 7.51. The highest BCUT2D eigenvalue weighted by Gasteiger charge is 2.49. The standard InChI is InChI=1S/C23H24F3N3O3/c1-21(16-5-3-6-17(13-16)32-23(24,25)26)18(19(30)29(2)20(27)28-21)14-7-9-15(10-8-14)22(31)11-4-12-22/h3,5-10,13,18,31H,4,11-12H2,1-2H3,(H2,27,28)/t18-,21+/m0/s1. The van der Waals surface area contributed by atoms with Crippen LogP contribution in [0.1, 0.15) is 48.8 Å². The molecule has 9 heteroatoms. The van der Waals surface area contributed by atoms with Crippen molar-refractivity contribution in [2.45, 2.75) is 49.6 Å². The van der Waals surface area contributed by atoms with E-state index in [-0.39, 0.29) is 11.9 Å². The molecule has 32 heavy (non-hydrogen) atoms. The second-order valence-corrected chi connectivity index (χ2v) is 8.59. The van der Waals surface area contributed by atoms with Gasteiger partial charge >= 0.3 is 6.36 Å². The highest BCUT2D eigenvalue weighted by molar-refractivity contribution is 6.02. The minimum Gasteiger partial charge on any atom is -0.406 e. The summed E-state index contributed by atoms with van der Waals surface area (Å²) in [6.45, 7) is 1.68. The predicted molar refractivity (Wildman–Crippen MR) is 111 cm³/mol. The van der Waals surface area contributed by atoms with Gasteiger partial charge in [-0.2, -0.15) is 0 Å². The molecule has 1 amide bonds. The topological polar surface area (TPSA) is 85.7 Å². The number of ether oxygens (including phenoxy) is 1. The summed E-state index contributed by atoms with van der Waals surface area (Å²) in [6.07, 6.45) is -2.54. The Morgan fingerprint density at radius 2 is 1.81 bits per heavy atom. The zero-order valence-electron chi connectivity index (χ0n) is 17.7. The molecule has 0 spiro atoms. The molecule has 0 radical (unpaired) electrons. The molecule has 2 atom stereocenters. The number of benzene rings is 2. The first-order valence-electron chi connectivity index (χ1n) is 10.3. The lowest BCUT2D eigenvalue weighted by molar-refractivity contribution is -0.274. The summed E-state index contributed by atoms with van der Waals surface area (Å²) in [4.78, 5) is 14.4. The molecule has 2 aliphatic rings. The number of carbonyl (C=O) groups excluding carboxylic acids is 1. The SMILES string of the molecule is CN1C(=N)N[C@](C)(c2cccc(OC(F)(F)F)c2)[C@@H](c2ccc(C3(O)CCC3)cc2)C1=O. The first-order chi connectivity index (χ1) is 14.9. The number of amides is 1. The number of nitrogens with zero attached hydrogens (tertiary/aromatic N) is 1. The van der Waals surface area contributed by atoms with Crippen LogP contribution in [0, 0.1) is 5.41 Å². The van der Waals surface area contributed by atoms with E-state index in [0.717, 1.165) is 12.0 Å². The van der Waals surface area contributed by atoms with Crippen molar-refractivity contribution in [2.24, 2.45) is 0 Å². The Balaban J connectivity index is 1.76. The number of rotatable bonds is 4. The zero-order chi connectivity index (χ0) is 23.3. The Hall–Kier alpha value is -3.07. The van der Waals surface area contributed by atoms with Crippen LogP contribution in [-0.4, -0.2) is 35.3 Å². The lowest BCUT2D eigenvalue weighted by atomic mass is 9.72. The van der Waals surface area contributed by atoms with Gasteiger partial charge in [-0.05, 0) is 55.0 Å². The molecular formula is C23H24F3N3O3. The minimum atomic E-state index is -4.85. The normalized spacial score (nSPS) is 25.2. The molecule has 1 heterocycles. The third-order valence-electron chi connectivity index (χ3n) is 6.50. The van der Waals surface area contributed by atoms with Crippen LogP contribution in [0.4, 0.5) is 13.2 Å². The largest absolute Gasteiger partial charge is 0.573 e. The molecule has 4 rings (SSSR count). The van der Waals surface area contributed by atoms with E-state index in [1.54, 1.807) is 37.3 Å². The Morgan fingerprint density at radius 1 is 1.16 bits per heavy atom. The van der Waals surface area contributed by atoms with Crippen LogP contribution < -0.4 is 10.1 Å². The zero-order valence-corrected chi connectivity index (χ0v) is 17.7. The van der Waals surface area contributed by atoms with Crippen molar-refractivity contribution < 1.29 is 27.8 Å². The average molecular weight is 447 g/mol. The van der Waals surface area contributed by atoms with Crippen LogP contribution in [0.3, 0.4) is 0 Å². The van der Waals surface area contributed by atoms with E-state index >= 15 is 0 Å². The van der Waals surface area contributed by atoms with Crippen molar-refractivity contribution in [3.05, 3.63) is 65.2 Å². The van der Waals surface area contributed by atoms with E-state index in [2.05, 4.69) is 10.1 Å². The summed E-state index contributed by atoms with van der Waals surface area (Å²) in [5, 5.41) is 21.8. The Labute approximate surface area is 183 Å². The van der Waals surface area contributed by atoms with Gasteiger partial charge in [-0.3, -0.25) is 15.1 Å². The van der Waals surface area contributed by atoms with E-state index < -0.39 is 29.2 Å². The first kappa shape index (κ1) is 22.1. The molecule has 0 unspecified atom stereocenters. The summed E-state index contributed by atoms with van der Waals surface area (Å²) in [5.41, 5.74) is -0.290. The predicted octanol–water partition coefficient (Wildman–Crippen LogP) is 3.95. The third-order valence-corrected chi connectivity index (χ3v) is 6.50. The summed E-state index contributed by atoms with van der Waals surface area (Å²) in [7, 11) is 1.47. The average Bonchev–Trinajstić information content (AvgIpc) is 2.70. The van der Waals surface area contributed by atoms with Gasteiger partial charge in [0.2, 0.25) is 5.91 Å². The number of hydrogen-bond donors (Lipinski definition) is 3. The summed E-state index contributed by atoms with van der Waals surface area (Å²) < 4.78 is 42.3. The van der Waals surface area contributed by atoms with Gasteiger partial charge in [-0.15, -0.1) is 13.2 Å². The smallest absolute Gasteiger partial charge is 0.406 e. The van der Waals surface area contributed by atoms with Crippen molar-refractivity contribution >= 4 is 11.9 Å². The maximum Gasteiger partial charge on any atom is 0.573 e. The number of alkyl halides is 3. The van der Waals surface area contributed by atoms with Gasteiger partial charge in [-0.25, -0.2) is 0 Å². The highest BCUT2D eigenvalue weighted by Crippen LogP contribution is 2.44. The number of nitrogens with one attached hydrogen (secondary N) is 2. The van der Waals surface area contributed by atoms with E-state index in [1.165, 1.54) is 30.1 Å². The van der Waals surface area contributed by atoms with Crippen LogP contribution in [0.25, 0.3) is 0 Å². The van der Waals surface area contributed by atoms with Crippen molar-refractivity contribution in [3.63, 3.8) is 0 Å². The van der Waals surface area contributed by atoms with Gasteiger partial charge in [0, 0.05) is 7.05 Å². The van der Waals surface area contributed by atoms with E-state index in [4.69, 9.17) is 5.41 Å². The molecule has 2 aromatic rings. The Morgan fingerprint density at radius 3 is 2.38 bits per heavy atom. The maximum absolute atomic E-state index is 13.3. The molecule has 1 saturated heterocycles. The van der Waals surface area contributed by atoms with E-state index in [0.29, 0.717) is 24.0 Å². The van der Waals surface area contributed by atoms with E-state index in [1.807, 2.05) is 0 Å². The first-order valence-corrected chi connectivity index (χ1v) is 10.3. The molecule has 3 N–H and O–H groups in total. The molecule has 1 saturated carbocycles. The highest BCUT2D eigenvalue weighted by atomic mass is 19.4. The molecule has 0 bridgehead atoms. The van der Waals surface area contributed by atoms with Crippen LogP contribution >= 0.6 is 0 Å². The van der Waals surface area contributed by atoms with Crippen molar-refractivity contribution in [3.8, 4) is 5.75 Å². The molecular weight excluding hydrogens is 423 g/mol. The third kappa shape index (κ3) is 3.81. The van der Waals surface area contributed by atoms with Crippen molar-refractivity contribution in [1.29, 1.82) is 5.41 Å². The van der Waals surface area contributed by atoms with Gasteiger partial charge in [0.1, 0.15) is 5.75 Å². The maximum atomic E-state index is 13.3. The van der Waals surface area contributed by atoms with Gasteiger partial charge < -0.3 is 15.2 Å². The van der Waals surface area contributed by atoms with Crippen LogP contribution in [-0.2, 0) is 15.9 Å². The summed E-state index contributed by atoms with van der Waals surface area (Å²) in [6, 6.07) is 12.5. The van der Waals surface area contributed by atoms with Crippen molar-refractivity contribution in [1.82, 2.24) is 10.2 Å². The quantitative estimate of drug-likeness (QED) is 0.663. The molecule has 1 aliphatic heterocycles. The number of aliphatic hydroxyl groups is 1. The Bertz CT molecular complexity index is 1050. The van der Waals surface area contributed by atoms with E-state index in [9.17, 15) is 23.1 Å². The lowest BCUT2D eigenvalue weighted by Crippen LogP contribution is -2.62. The summed E-state index contributed by atoms with van der Waals surface area (Å²) >= 11 is 0. The van der Waals surface area contributed by atoms with Gasteiger partial charge in [-0.1, -0.05) is 36.4 Å². The monoisotopic (exact) mass is 447 g/mol. The number of hydrogen-bond acceptors (Lipinski definition) is 4. The molecule has 2 fully saturated rings. The van der Waals surface area contributed by atoms with Gasteiger partial charge in [0.15, 0.2) is 5.96 Å². The van der Waals surface area contributed by atoms with Crippen molar-refractivity contribution in [2.75, 3.05) is 7.05 Å². The number of likely N-dealkylation sites (N-methyl/N-ethyl adjacent to an activating group) is 1. The molecule has 170 valence electrons. The lowest BCUT2D eigenvalue weighted by Gasteiger charge is -2.46. The fourth-order valence-electron chi connectivity index (χ4n) is 4.47. The van der Waals surface area contributed by atoms with Crippen LogP contribution in [0.5, 0.6) is 5.75 Å². The molecule has 0 aromatic heterocycles. The fourth-order valence-corrected chi connectivity index (χ4v) is 4.47. The summed E-state index contributed by atoms with van der Waals surface area (Å²) in [5.74, 6) is -1.75. The Kier molecular flexibility index (Phi) is 5.20.